The summed E-state index contributed by atoms with van der Waals surface area (Å²) >= 11 is 0. The number of fused-ring (bicyclic) bond motifs is 1. The molecule has 0 unspecified atom stereocenters. The van der Waals surface area contributed by atoms with Gasteiger partial charge in [-0.3, -0.25) is 9.59 Å². The Kier molecular flexibility index (Phi) is 6.56. The maximum atomic E-state index is 13.7. The van der Waals surface area contributed by atoms with Crippen LogP contribution in [0.1, 0.15) is 35.8 Å². The number of anilines is 2. The Labute approximate surface area is 195 Å². The van der Waals surface area contributed by atoms with Gasteiger partial charge in [0.25, 0.3) is 5.91 Å². The number of carbonyl (C=O) groups is 1. The van der Waals surface area contributed by atoms with Crippen molar-refractivity contribution in [3.8, 4) is 0 Å². The zero-order valence-corrected chi connectivity index (χ0v) is 19.5. The van der Waals surface area contributed by atoms with Crippen molar-refractivity contribution in [3.63, 3.8) is 0 Å². The predicted molar refractivity (Wildman–Crippen MR) is 127 cm³/mol. The highest BCUT2D eigenvalue weighted by atomic mass is 19.1. The molecule has 4 rings (SSSR count). The highest BCUT2D eigenvalue weighted by Crippen LogP contribution is 2.31. The first-order chi connectivity index (χ1) is 16.1. The molecule has 34 heavy (non-hydrogen) atoms. The lowest BCUT2D eigenvalue weighted by atomic mass is 9.99. The van der Waals surface area contributed by atoms with Crippen LogP contribution in [0.5, 0.6) is 0 Å². The van der Waals surface area contributed by atoms with Crippen molar-refractivity contribution < 1.29 is 22.7 Å². The lowest BCUT2D eigenvalue weighted by Crippen LogP contribution is -2.41. The second kappa shape index (κ2) is 9.42. The zero-order chi connectivity index (χ0) is 24.6. The molecule has 9 heteroatoms. The van der Waals surface area contributed by atoms with Gasteiger partial charge in [-0.1, -0.05) is 0 Å². The monoisotopic (exact) mass is 471 g/mol. The first-order valence-electron chi connectivity index (χ1n) is 11.0. The Bertz CT molecular complexity index is 1270. The van der Waals surface area contributed by atoms with Crippen LogP contribution in [-0.4, -0.2) is 50.7 Å². The minimum absolute atomic E-state index is 0.0160. The van der Waals surface area contributed by atoms with Gasteiger partial charge in [-0.25, -0.2) is 8.78 Å². The van der Waals surface area contributed by atoms with Gasteiger partial charge in [-0.05, 0) is 38.1 Å². The lowest BCUT2D eigenvalue weighted by molar-refractivity contribution is 0.0517. The summed E-state index contributed by atoms with van der Waals surface area (Å²) in [6.45, 7) is 5.36. The lowest BCUT2D eigenvalue weighted by Gasteiger charge is -2.31. The highest BCUT2D eigenvalue weighted by molar-refractivity contribution is 5.98. The summed E-state index contributed by atoms with van der Waals surface area (Å²) in [5, 5.41) is 3.31. The third-order valence-electron chi connectivity index (χ3n) is 5.76. The second-order valence-corrected chi connectivity index (χ2v) is 8.74. The zero-order valence-electron chi connectivity index (χ0n) is 19.5. The van der Waals surface area contributed by atoms with E-state index in [1.807, 2.05) is 11.8 Å². The summed E-state index contributed by atoms with van der Waals surface area (Å²) < 4.78 is 39.3. The summed E-state index contributed by atoms with van der Waals surface area (Å²) in [6.07, 6.45) is -0.0160. The van der Waals surface area contributed by atoms with Crippen molar-refractivity contribution in [2.45, 2.75) is 26.0 Å². The molecule has 2 atom stereocenters. The summed E-state index contributed by atoms with van der Waals surface area (Å²) in [5.41, 5.74) is 1.09. The van der Waals surface area contributed by atoms with Gasteiger partial charge in [0, 0.05) is 56.1 Å². The highest BCUT2D eigenvalue weighted by Gasteiger charge is 2.23. The van der Waals surface area contributed by atoms with Gasteiger partial charge >= 0.3 is 0 Å². The van der Waals surface area contributed by atoms with Gasteiger partial charge in [-0.15, -0.1) is 0 Å². The molecule has 1 amide bonds. The minimum Gasteiger partial charge on any atom is -0.440 e. The molecule has 0 saturated carbocycles. The van der Waals surface area contributed by atoms with E-state index in [1.54, 1.807) is 27.1 Å². The molecule has 0 radical (unpaired) electrons. The fourth-order valence-electron chi connectivity index (χ4n) is 4.11. The van der Waals surface area contributed by atoms with Gasteiger partial charge in [0.15, 0.2) is 11.3 Å². The number of benzene rings is 2. The summed E-state index contributed by atoms with van der Waals surface area (Å²) in [7, 11) is 3.24. The topological polar surface area (TPSA) is 75.0 Å². The summed E-state index contributed by atoms with van der Waals surface area (Å²) in [5.74, 6) is -1.31. The van der Waals surface area contributed by atoms with Crippen LogP contribution < -0.4 is 15.6 Å². The normalized spacial score (nSPS) is 17.0. The van der Waals surface area contributed by atoms with Crippen LogP contribution in [-0.2, 0) is 4.74 Å². The summed E-state index contributed by atoms with van der Waals surface area (Å²) in [6, 6.07) is 7.19. The molecule has 1 aliphatic rings. The van der Waals surface area contributed by atoms with E-state index in [-0.39, 0.29) is 28.5 Å². The largest absolute Gasteiger partial charge is 0.440 e. The smallest absolute Gasteiger partial charge is 0.253 e. The molecule has 1 saturated heterocycles. The van der Waals surface area contributed by atoms with Crippen molar-refractivity contribution in [1.82, 2.24) is 4.90 Å². The van der Waals surface area contributed by atoms with E-state index in [9.17, 15) is 18.4 Å². The summed E-state index contributed by atoms with van der Waals surface area (Å²) in [4.78, 5) is 29.2. The molecule has 180 valence electrons. The standard InChI is InChI=1S/C25H27F2N3O4/c1-14-13-30(5-6-33-14)23-12-22(31)21-8-16(25(32)29(3)4)7-20(24(21)34-23)15(2)28-19-10-17(26)9-18(27)11-19/h7-12,14-15,28H,5-6,13H2,1-4H3/t14-,15+/m1/s1. The van der Waals surface area contributed by atoms with Crippen LogP contribution in [0, 0.1) is 11.6 Å². The maximum absolute atomic E-state index is 13.7. The molecule has 1 aliphatic heterocycles. The Hall–Kier alpha value is -3.46. The van der Waals surface area contributed by atoms with Gasteiger partial charge < -0.3 is 24.3 Å². The molecule has 2 heterocycles. The van der Waals surface area contributed by atoms with Gasteiger partial charge in [0.1, 0.15) is 17.2 Å². The fraction of sp³-hybridized carbons (Fsp3) is 0.360. The minimum atomic E-state index is -0.716. The van der Waals surface area contributed by atoms with Crippen LogP contribution >= 0.6 is 0 Å². The number of nitrogens with zero attached hydrogens (tertiary/aromatic N) is 2. The van der Waals surface area contributed by atoms with Gasteiger partial charge in [0.2, 0.25) is 0 Å². The maximum Gasteiger partial charge on any atom is 0.253 e. The number of rotatable bonds is 5. The number of nitrogens with one attached hydrogen (secondary N) is 1. The van der Waals surface area contributed by atoms with Crippen LogP contribution in [0.4, 0.5) is 20.4 Å². The van der Waals surface area contributed by atoms with E-state index < -0.39 is 17.7 Å². The SMILES string of the molecule is C[C@@H]1CN(c2cc(=O)c3cc(C(=O)N(C)C)cc([C@H](C)Nc4cc(F)cc(F)c4)c3o2)CCO1. The van der Waals surface area contributed by atoms with Crippen molar-refractivity contribution in [2.75, 3.05) is 44.0 Å². The third kappa shape index (κ3) is 4.89. The number of amides is 1. The van der Waals surface area contributed by atoms with Crippen molar-refractivity contribution in [1.29, 1.82) is 0 Å². The predicted octanol–water partition coefficient (Wildman–Crippen LogP) is 4.17. The second-order valence-electron chi connectivity index (χ2n) is 8.74. The third-order valence-corrected chi connectivity index (χ3v) is 5.76. The van der Waals surface area contributed by atoms with E-state index in [0.29, 0.717) is 42.3 Å². The van der Waals surface area contributed by atoms with Crippen molar-refractivity contribution >= 4 is 28.4 Å². The molecule has 0 bridgehead atoms. The molecule has 1 aromatic heterocycles. The van der Waals surface area contributed by atoms with Crippen molar-refractivity contribution in [2.24, 2.45) is 0 Å². The van der Waals surface area contributed by atoms with Crippen LogP contribution in [0.25, 0.3) is 11.0 Å². The molecular formula is C25H27F2N3O4. The molecular weight excluding hydrogens is 444 g/mol. The van der Waals surface area contributed by atoms with Gasteiger partial charge in [-0.2, -0.15) is 0 Å². The molecule has 1 N–H and O–H groups in total. The first kappa shape index (κ1) is 23.7. The van der Waals surface area contributed by atoms with Crippen LogP contribution in [0.15, 0.2) is 45.6 Å². The molecule has 0 aliphatic carbocycles. The van der Waals surface area contributed by atoms with E-state index in [0.717, 1.165) is 6.07 Å². The molecule has 7 nitrogen and oxygen atoms in total. The van der Waals surface area contributed by atoms with Gasteiger partial charge in [0.05, 0.1) is 24.1 Å². The fourth-order valence-corrected chi connectivity index (χ4v) is 4.11. The molecule has 2 aromatic carbocycles. The number of hydrogen-bond acceptors (Lipinski definition) is 6. The number of ether oxygens (including phenoxy) is 1. The van der Waals surface area contributed by atoms with E-state index in [1.165, 1.54) is 29.2 Å². The Morgan fingerprint density at radius 3 is 2.50 bits per heavy atom. The quantitative estimate of drug-likeness (QED) is 0.602. The van der Waals surface area contributed by atoms with Crippen LogP contribution in [0.3, 0.4) is 0 Å². The van der Waals surface area contributed by atoms with E-state index in [2.05, 4.69) is 5.32 Å². The molecule has 0 spiro atoms. The average Bonchev–Trinajstić information content (AvgIpc) is 2.77. The van der Waals surface area contributed by atoms with E-state index in [4.69, 9.17) is 9.15 Å². The molecule has 1 fully saturated rings. The van der Waals surface area contributed by atoms with E-state index >= 15 is 0 Å². The Balaban J connectivity index is 1.85. The number of morpholine rings is 1. The number of halogens is 2. The molecule has 3 aromatic rings. The van der Waals surface area contributed by atoms with Crippen molar-refractivity contribution in [3.05, 3.63) is 69.4 Å². The number of hydrogen-bond donors (Lipinski definition) is 1. The Morgan fingerprint density at radius 1 is 1.15 bits per heavy atom. The first-order valence-corrected chi connectivity index (χ1v) is 11.0. The number of carbonyl (C=O) groups excluding carboxylic acids is 1. The average molecular weight is 472 g/mol. The van der Waals surface area contributed by atoms with Crippen LogP contribution in [0.2, 0.25) is 0 Å². The Morgan fingerprint density at radius 2 is 1.85 bits per heavy atom.